The van der Waals surface area contributed by atoms with E-state index in [1.807, 2.05) is 19.2 Å². The van der Waals surface area contributed by atoms with E-state index in [9.17, 15) is 9.59 Å². The third-order valence-corrected chi connectivity index (χ3v) is 3.95. The molecule has 24 heavy (non-hydrogen) atoms. The molecule has 0 aliphatic carbocycles. The van der Waals surface area contributed by atoms with Crippen LogP contribution < -0.4 is 16.6 Å². The predicted octanol–water partition coefficient (Wildman–Crippen LogP) is 2.05. The van der Waals surface area contributed by atoms with Crippen molar-refractivity contribution in [2.75, 3.05) is 12.0 Å². The van der Waals surface area contributed by atoms with Crippen LogP contribution >= 0.6 is 24.2 Å². The molecule has 130 valence electrons. The number of hydrazone groups is 1. The fourth-order valence-electron chi connectivity index (χ4n) is 1.97. The number of amides is 1. The quantitative estimate of drug-likeness (QED) is 0.600. The first kappa shape index (κ1) is 20.2. The Hall–Kier alpha value is -1.83. The summed E-state index contributed by atoms with van der Waals surface area (Å²) >= 11 is 1.62. The van der Waals surface area contributed by atoms with Gasteiger partial charge in [-0.1, -0.05) is 11.6 Å². The number of benzene rings is 1. The number of carbonyl (C=O) groups excluding carboxylic acids is 1. The van der Waals surface area contributed by atoms with Gasteiger partial charge < -0.3 is 10.2 Å². The SMILES string of the molecule is CSCC[C@H](N)C(=O)N/N=C/c1coc2ccc(C)cc2c1=O.Cl. The molecule has 8 heteroatoms. The second kappa shape index (κ2) is 9.46. The van der Waals surface area contributed by atoms with Gasteiger partial charge in [-0.3, -0.25) is 9.59 Å². The van der Waals surface area contributed by atoms with Gasteiger partial charge in [-0.25, -0.2) is 5.43 Å². The Balaban J connectivity index is 0.00000288. The third-order valence-electron chi connectivity index (χ3n) is 3.30. The summed E-state index contributed by atoms with van der Waals surface area (Å²) in [5.41, 5.74) is 9.62. The van der Waals surface area contributed by atoms with Gasteiger partial charge in [-0.2, -0.15) is 16.9 Å². The van der Waals surface area contributed by atoms with Crippen molar-refractivity contribution in [3.63, 3.8) is 0 Å². The molecule has 0 fully saturated rings. The molecule has 0 aliphatic heterocycles. The van der Waals surface area contributed by atoms with Crippen LogP contribution in [0.1, 0.15) is 17.5 Å². The van der Waals surface area contributed by atoms with Crippen LogP contribution in [0.2, 0.25) is 0 Å². The van der Waals surface area contributed by atoms with Gasteiger partial charge in [0.25, 0.3) is 5.91 Å². The van der Waals surface area contributed by atoms with Gasteiger partial charge in [0.1, 0.15) is 11.8 Å². The van der Waals surface area contributed by atoms with Crippen LogP contribution in [0.25, 0.3) is 11.0 Å². The summed E-state index contributed by atoms with van der Waals surface area (Å²) < 4.78 is 5.41. The number of halogens is 1. The molecule has 2 rings (SSSR count). The maximum Gasteiger partial charge on any atom is 0.256 e. The topological polar surface area (TPSA) is 97.7 Å². The predicted molar refractivity (Wildman–Crippen MR) is 101 cm³/mol. The highest BCUT2D eigenvalue weighted by atomic mass is 35.5. The highest BCUT2D eigenvalue weighted by Crippen LogP contribution is 2.12. The Morgan fingerprint density at radius 3 is 2.96 bits per heavy atom. The third kappa shape index (κ3) is 5.09. The molecule has 6 nitrogen and oxygen atoms in total. The van der Waals surface area contributed by atoms with Crippen molar-refractivity contribution in [2.45, 2.75) is 19.4 Å². The first-order valence-electron chi connectivity index (χ1n) is 7.12. The van der Waals surface area contributed by atoms with Crippen LogP contribution in [-0.4, -0.2) is 30.2 Å². The number of hydrogen-bond donors (Lipinski definition) is 2. The lowest BCUT2D eigenvalue weighted by atomic mass is 10.1. The molecule has 1 heterocycles. The van der Waals surface area contributed by atoms with Crippen LogP contribution in [0.3, 0.4) is 0 Å². The van der Waals surface area contributed by atoms with Gasteiger partial charge in [0, 0.05) is 0 Å². The highest BCUT2D eigenvalue weighted by molar-refractivity contribution is 7.98. The zero-order valence-corrected chi connectivity index (χ0v) is 15.1. The average Bonchev–Trinajstić information content (AvgIpc) is 2.55. The van der Waals surface area contributed by atoms with Gasteiger partial charge in [0.2, 0.25) is 5.43 Å². The van der Waals surface area contributed by atoms with Gasteiger partial charge in [0.05, 0.1) is 23.2 Å². The number of fused-ring (bicyclic) bond motifs is 1. The standard InChI is InChI=1S/C16H19N3O3S.ClH/c1-10-3-4-14-12(7-10)15(20)11(9-22-14)8-18-19-16(21)13(17)5-6-23-2;/h3-4,7-9,13H,5-6,17H2,1-2H3,(H,19,21);1H/b18-8+;/t13-;/m0./s1. The molecule has 0 saturated heterocycles. The van der Waals surface area contributed by atoms with Crippen LogP contribution in [-0.2, 0) is 4.79 Å². The summed E-state index contributed by atoms with van der Waals surface area (Å²) in [5, 5.41) is 4.27. The number of nitrogens with zero attached hydrogens (tertiary/aromatic N) is 1. The van der Waals surface area contributed by atoms with E-state index in [-0.39, 0.29) is 29.3 Å². The van der Waals surface area contributed by atoms with E-state index in [4.69, 9.17) is 10.2 Å². The highest BCUT2D eigenvalue weighted by Gasteiger charge is 2.11. The second-order valence-electron chi connectivity index (χ2n) is 5.14. The van der Waals surface area contributed by atoms with E-state index in [1.54, 1.807) is 23.9 Å². The maximum atomic E-state index is 12.3. The summed E-state index contributed by atoms with van der Waals surface area (Å²) in [6.45, 7) is 1.90. The normalized spacial score (nSPS) is 12.1. The van der Waals surface area contributed by atoms with Crippen LogP contribution in [0, 0.1) is 6.92 Å². The maximum absolute atomic E-state index is 12.3. The minimum Gasteiger partial charge on any atom is -0.463 e. The van der Waals surface area contributed by atoms with E-state index in [0.717, 1.165) is 11.3 Å². The number of aryl methyl sites for hydroxylation is 1. The smallest absolute Gasteiger partial charge is 0.256 e. The molecule has 2 aromatic rings. The van der Waals surface area contributed by atoms with Crippen molar-refractivity contribution < 1.29 is 9.21 Å². The summed E-state index contributed by atoms with van der Waals surface area (Å²) in [5.74, 6) is 0.419. The largest absolute Gasteiger partial charge is 0.463 e. The lowest BCUT2D eigenvalue weighted by molar-refractivity contribution is -0.122. The average molecular weight is 370 g/mol. The van der Waals surface area contributed by atoms with E-state index >= 15 is 0 Å². The molecule has 1 aromatic carbocycles. The van der Waals surface area contributed by atoms with E-state index in [0.29, 0.717) is 17.4 Å². The lowest BCUT2D eigenvalue weighted by Gasteiger charge is -2.07. The summed E-state index contributed by atoms with van der Waals surface area (Å²) in [7, 11) is 0. The first-order chi connectivity index (χ1) is 11.0. The number of hydrogen-bond acceptors (Lipinski definition) is 6. The van der Waals surface area contributed by atoms with Crippen molar-refractivity contribution in [1.82, 2.24) is 5.43 Å². The molecule has 0 spiro atoms. The van der Waals surface area contributed by atoms with Crippen molar-refractivity contribution in [1.29, 1.82) is 0 Å². The van der Waals surface area contributed by atoms with Crippen molar-refractivity contribution >= 4 is 47.3 Å². The Kier molecular flexibility index (Phi) is 7.97. The number of nitrogens with two attached hydrogens (primary N) is 1. The van der Waals surface area contributed by atoms with Crippen molar-refractivity contribution in [3.05, 3.63) is 45.8 Å². The van der Waals surface area contributed by atoms with E-state index < -0.39 is 6.04 Å². The Morgan fingerprint density at radius 2 is 2.25 bits per heavy atom. The van der Waals surface area contributed by atoms with Crippen LogP contribution in [0.4, 0.5) is 0 Å². The van der Waals surface area contributed by atoms with E-state index in [2.05, 4.69) is 10.5 Å². The fourth-order valence-corrected chi connectivity index (χ4v) is 2.46. The van der Waals surface area contributed by atoms with Gasteiger partial charge in [-0.05, 0) is 37.5 Å². The molecule has 0 radical (unpaired) electrons. The molecule has 0 unspecified atom stereocenters. The molecule has 0 saturated carbocycles. The zero-order valence-electron chi connectivity index (χ0n) is 13.4. The molecule has 1 aromatic heterocycles. The minimum atomic E-state index is -0.615. The van der Waals surface area contributed by atoms with Crippen LogP contribution in [0.5, 0.6) is 0 Å². The molecule has 1 atom stereocenters. The molecular weight excluding hydrogens is 350 g/mol. The summed E-state index contributed by atoms with van der Waals surface area (Å²) in [6, 6.07) is 4.76. The van der Waals surface area contributed by atoms with Gasteiger partial charge in [0.15, 0.2) is 0 Å². The summed E-state index contributed by atoms with van der Waals surface area (Å²) in [6.07, 6.45) is 5.11. The van der Waals surface area contributed by atoms with Gasteiger partial charge in [-0.15, -0.1) is 12.4 Å². The number of nitrogens with one attached hydrogen (secondary N) is 1. The minimum absolute atomic E-state index is 0. The molecule has 1 amide bonds. The fraction of sp³-hybridized carbons (Fsp3) is 0.312. The second-order valence-corrected chi connectivity index (χ2v) is 6.13. The van der Waals surface area contributed by atoms with Gasteiger partial charge >= 0.3 is 0 Å². The lowest BCUT2D eigenvalue weighted by Crippen LogP contribution is -2.38. The van der Waals surface area contributed by atoms with Crippen molar-refractivity contribution in [3.8, 4) is 0 Å². The Morgan fingerprint density at radius 1 is 1.50 bits per heavy atom. The van der Waals surface area contributed by atoms with E-state index in [1.165, 1.54) is 12.5 Å². The molecular formula is C16H20ClN3O3S. The van der Waals surface area contributed by atoms with Crippen LogP contribution in [0.15, 0.2) is 38.8 Å². The molecule has 0 bridgehead atoms. The Labute approximate surface area is 150 Å². The van der Waals surface area contributed by atoms with Crippen molar-refractivity contribution in [2.24, 2.45) is 10.8 Å². The Bertz CT molecular complexity index is 792. The molecule has 0 aliphatic rings. The monoisotopic (exact) mass is 369 g/mol. The first-order valence-corrected chi connectivity index (χ1v) is 8.52. The number of rotatable bonds is 6. The number of thioether (sulfide) groups is 1. The molecule has 3 N–H and O–H groups in total. The summed E-state index contributed by atoms with van der Waals surface area (Å²) in [4.78, 5) is 24.1. The number of carbonyl (C=O) groups is 1. The zero-order chi connectivity index (χ0) is 16.8.